The van der Waals surface area contributed by atoms with E-state index in [2.05, 4.69) is 53.5 Å². The van der Waals surface area contributed by atoms with Gasteiger partial charge in [0, 0.05) is 66.7 Å². The van der Waals surface area contributed by atoms with Gasteiger partial charge < -0.3 is 29.7 Å². The molecule has 3 aromatic carbocycles. The van der Waals surface area contributed by atoms with E-state index in [1.54, 1.807) is 48.6 Å². The van der Waals surface area contributed by atoms with Gasteiger partial charge in [0.2, 0.25) is 11.7 Å². The number of hydrogen-bond acceptors (Lipinski definition) is 15. The highest BCUT2D eigenvalue weighted by atomic mass is 32.1. The molecule has 0 spiro atoms. The summed E-state index contributed by atoms with van der Waals surface area (Å²) in [5.41, 5.74) is 4.38. The van der Waals surface area contributed by atoms with Crippen LogP contribution in [-0.2, 0) is 18.4 Å². The Hall–Kier alpha value is -6.18. The molecule has 3 aliphatic rings. The lowest BCUT2D eigenvalue weighted by Crippen LogP contribution is -2.58. The van der Waals surface area contributed by atoms with Gasteiger partial charge in [-0.15, -0.1) is 16.4 Å². The zero-order valence-electron chi connectivity index (χ0n) is 36.8. The van der Waals surface area contributed by atoms with E-state index in [1.807, 2.05) is 41.2 Å². The first-order valence-electron chi connectivity index (χ1n) is 22.7. The Morgan fingerprint density at radius 3 is 2.55 bits per heavy atom. The van der Waals surface area contributed by atoms with Gasteiger partial charge in [-0.25, -0.2) is 4.98 Å². The molecule has 0 saturated carbocycles. The number of fused-ring (bicyclic) bond motifs is 1. The van der Waals surface area contributed by atoms with Crippen molar-refractivity contribution in [2.24, 2.45) is 0 Å². The van der Waals surface area contributed by atoms with Crippen molar-refractivity contribution in [1.29, 1.82) is 0 Å². The molecule has 9 rings (SSSR count). The van der Waals surface area contributed by atoms with Crippen LogP contribution in [0.4, 0.5) is 0 Å². The van der Waals surface area contributed by atoms with Crippen LogP contribution in [0.15, 0.2) is 88.9 Å². The number of ether oxygens (including phenoxy) is 1. The van der Waals surface area contributed by atoms with E-state index in [-0.39, 0.29) is 22.4 Å². The summed E-state index contributed by atoms with van der Waals surface area (Å²) in [6, 6.07) is 21.7. The largest absolute Gasteiger partial charge is 0.493 e. The quantitative estimate of drug-likeness (QED) is 0.0629. The lowest BCUT2D eigenvalue weighted by Gasteiger charge is -2.40. The number of likely N-dealkylation sites (tertiary alicyclic amines) is 1. The number of nitrogens with one attached hydrogen (secondary N) is 2. The van der Waals surface area contributed by atoms with E-state index in [9.17, 15) is 24.6 Å². The first-order chi connectivity index (χ1) is 32.1. The van der Waals surface area contributed by atoms with Gasteiger partial charge in [0.25, 0.3) is 17.7 Å². The molecular formula is C48H54N10O7S. The molecule has 0 radical (unpaired) electrons. The maximum atomic E-state index is 13.6. The van der Waals surface area contributed by atoms with E-state index >= 15 is 0 Å². The van der Waals surface area contributed by atoms with Crippen LogP contribution in [0.3, 0.4) is 0 Å². The maximum Gasteiger partial charge on any atom is 0.265 e. The summed E-state index contributed by atoms with van der Waals surface area (Å²) in [5.74, 6) is 0.161. The molecule has 3 amide bonds. The lowest BCUT2D eigenvalue weighted by atomic mass is 9.78. The highest BCUT2D eigenvalue weighted by molar-refractivity contribution is 7.10. The normalized spacial score (nSPS) is 19.6. The maximum absolute atomic E-state index is 13.6. The predicted octanol–water partition coefficient (Wildman–Crippen LogP) is 5.39. The summed E-state index contributed by atoms with van der Waals surface area (Å²) in [6.07, 6.45) is 6.60. The molecule has 0 aliphatic carbocycles. The fourth-order valence-corrected chi connectivity index (χ4v) is 10.2. The van der Waals surface area contributed by atoms with Gasteiger partial charge >= 0.3 is 0 Å². The molecule has 0 bridgehead atoms. The fraction of sp³-hybridized carbons (Fsp3) is 0.417. The van der Waals surface area contributed by atoms with Crippen molar-refractivity contribution in [2.75, 3.05) is 32.8 Å². The summed E-state index contributed by atoms with van der Waals surface area (Å²) < 4.78 is 13.1. The number of imide groups is 1. The molecular weight excluding hydrogens is 861 g/mol. The summed E-state index contributed by atoms with van der Waals surface area (Å²) in [5, 5.41) is 42.2. The van der Waals surface area contributed by atoms with Crippen molar-refractivity contribution in [3.63, 3.8) is 0 Å². The number of carbonyl (C=O) groups excluding carboxylic acids is 3. The second-order valence-electron chi connectivity index (χ2n) is 17.3. The summed E-state index contributed by atoms with van der Waals surface area (Å²) in [7, 11) is 0. The third-order valence-corrected chi connectivity index (χ3v) is 13.9. The van der Waals surface area contributed by atoms with Crippen LogP contribution in [0, 0.1) is 6.92 Å². The Morgan fingerprint density at radius 1 is 0.939 bits per heavy atom. The third-order valence-electron chi connectivity index (χ3n) is 12.9. The predicted molar refractivity (Wildman–Crippen MR) is 245 cm³/mol. The van der Waals surface area contributed by atoms with E-state index in [4.69, 9.17) is 14.2 Å². The van der Waals surface area contributed by atoms with Crippen molar-refractivity contribution < 1.29 is 33.9 Å². The monoisotopic (exact) mass is 914 g/mol. The van der Waals surface area contributed by atoms with Gasteiger partial charge in [-0.1, -0.05) is 65.3 Å². The molecule has 17 nitrogen and oxygen atoms in total. The fourth-order valence-electron chi connectivity index (χ4n) is 9.09. The number of thiazole rings is 1. The first-order valence-corrected chi connectivity index (χ1v) is 23.6. The smallest absolute Gasteiger partial charge is 0.265 e. The molecule has 3 aliphatic heterocycles. The Kier molecular flexibility index (Phi) is 13.7. The van der Waals surface area contributed by atoms with Crippen molar-refractivity contribution >= 4 is 29.1 Å². The number of aromatic nitrogens is 6. The molecule has 3 atom stereocenters. The molecule has 344 valence electrons. The number of benzene rings is 3. The Bertz CT molecular complexity index is 2640. The number of hydrogen-bond donors (Lipinski definition) is 4. The molecule has 18 heteroatoms. The van der Waals surface area contributed by atoms with Crippen LogP contribution in [0.25, 0.3) is 22.6 Å². The molecule has 66 heavy (non-hydrogen) atoms. The van der Waals surface area contributed by atoms with E-state index in [1.165, 1.54) is 0 Å². The number of unbranched alkanes of at least 4 members (excludes halogenated alkanes) is 3. The lowest BCUT2D eigenvalue weighted by molar-refractivity contribution is -0.0413. The van der Waals surface area contributed by atoms with Gasteiger partial charge in [0.15, 0.2) is 0 Å². The van der Waals surface area contributed by atoms with Crippen LogP contribution in [0.1, 0.15) is 99.0 Å². The molecule has 2 saturated heterocycles. The van der Waals surface area contributed by atoms with E-state index in [0.29, 0.717) is 49.0 Å². The summed E-state index contributed by atoms with van der Waals surface area (Å²) >= 11 is 1.66. The minimum absolute atomic E-state index is 0.160. The Balaban J connectivity index is 0.729. The third kappa shape index (κ3) is 9.97. The van der Waals surface area contributed by atoms with Gasteiger partial charge in [-0.2, -0.15) is 4.98 Å². The molecule has 3 unspecified atom stereocenters. The number of aliphatic hydroxyl groups is 2. The summed E-state index contributed by atoms with van der Waals surface area (Å²) in [6.45, 7) is 5.91. The zero-order chi connectivity index (χ0) is 45.6. The SMILES string of the molecule is Cc1nc(-c2cccc(C(=O)NCC3(c4nc(-c5ccccc5)cs4)CCN(CCc4cn(CCCCCCOc5cccc6c5C(=O)N(C5CCC(O)NC5O)C6=O)nn4)CC3)c2)no1. The average molecular weight is 915 g/mol. The van der Waals surface area contributed by atoms with Crippen LogP contribution < -0.4 is 15.4 Å². The van der Waals surface area contributed by atoms with Crippen molar-refractivity contribution in [2.45, 2.75) is 95.2 Å². The van der Waals surface area contributed by atoms with Gasteiger partial charge in [0.1, 0.15) is 23.2 Å². The van der Waals surface area contributed by atoms with Gasteiger partial charge in [-0.3, -0.25) is 29.3 Å². The van der Waals surface area contributed by atoms with Crippen molar-refractivity contribution in [3.05, 3.63) is 118 Å². The molecule has 6 aromatic rings. The van der Waals surface area contributed by atoms with Crippen molar-refractivity contribution in [3.8, 4) is 28.4 Å². The van der Waals surface area contributed by atoms with Gasteiger partial charge in [0.05, 0.1) is 35.2 Å². The Morgan fingerprint density at radius 2 is 1.74 bits per heavy atom. The second-order valence-corrected chi connectivity index (χ2v) is 18.2. The summed E-state index contributed by atoms with van der Waals surface area (Å²) in [4.78, 5) is 53.3. The van der Waals surface area contributed by atoms with Crippen molar-refractivity contribution in [1.82, 2.24) is 50.6 Å². The molecule has 2 fully saturated rings. The van der Waals surface area contributed by atoms with E-state index < -0.39 is 30.3 Å². The van der Waals surface area contributed by atoms with E-state index in [0.717, 1.165) is 104 Å². The Labute approximate surface area is 386 Å². The number of rotatable bonds is 18. The number of piperidine rings is 2. The highest BCUT2D eigenvalue weighted by Gasteiger charge is 2.46. The topological polar surface area (TPSA) is 214 Å². The average Bonchev–Trinajstić information content (AvgIpc) is 4.16. The number of carbonyl (C=O) groups is 3. The first kappa shape index (κ1) is 45.0. The molecule has 4 N–H and O–H groups in total. The minimum atomic E-state index is -1.21. The second kappa shape index (κ2) is 20.1. The van der Waals surface area contributed by atoms with Gasteiger partial charge in [-0.05, 0) is 82.3 Å². The van der Waals surface area contributed by atoms with Crippen LogP contribution in [0.2, 0.25) is 0 Å². The number of nitrogens with zero attached hydrogens (tertiary/aromatic N) is 8. The zero-order valence-corrected chi connectivity index (χ0v) is 37.7. The van der Waals surface area contributed by atoms with Crippen LogP contribution in [-0.4, -0.2) is 119 Å². The number of amides is 3. The molecule has 6 heterocycles. The van der Waals surface area contributed by atoms with Crippen LogP contribution in [0.5, 0.6) is 5.75 Å². The standard InChI is InChI=1S/C48H54N10O7S/c1-31-50-42(54-65-31)33-13-9-14-34(27-33)43(60)49-30-48(47-51-37(29-66-47)32-11-5-4-6-12-32)20-24-56(25-21-48)23-19-35-28-57(55-53-35)22-7-2-3-8-26-64-39-16-10-15-36-41(39)46(63)58(45(36)62)38-17-18-40(59)52-44(38)61/h4-6,9-16,27-29,38,40,44,52,59,61H,2-3,7-8,17-26,30H2,1H3,(H,49,60). The number of aryl methyl sites for hydroxylation is 2. The van der Waals surface area contributed by atoms with Crippen LogP contribution >= 0.6 is 11.3 Å². The minimum Gasteiger partial charge on any atom is -0.493 e. The molecule has 3 aromatic heterocycles. The highest BCUT2D eigenvalue weighted by Crippen LogP contribution is 2.39. The number of aliphatic hydroxyl groups excluding tert-OH is 2.